The van der Waals surface area contributed by atoms with Gasteiger partial charge in [0.25, 0.3) is 11.8 Å². The lowest BCUT2D eigenvalue weighted by atomic mass is 10.2. The van der Waals surface area contributed by atoms with Gasteiger partial charge in [0, 0.05) is 5.56 Å². The number of carbonyl (C=O) groups is 3. The highest BCUT2D eigenvalue weighted by Gasteiger charge is 2.22. The van der Waals surface area contributed by atoms with E-state index in [2.05, 4.69) is 10.9 Å². The van der Waals surface area contributed by atoms with Crippen LogP contribution >= 0.6 is 11.8 Å². The summed E-state index contributed by atoms with van der Waals surface area (Å²) in [4.78, 5) is 36.4. The van der Waals surface area contributed by atoms with Crippen LogP contribution in [0, 0.1) is 0 Å². The van der Waals surface area contributed by atoms with Gasteiger partial charge >= 0.3 is 0 Å². The van der Waals surface area contributed by atoms with Crippen LogP contribution in [0.4, 0.5) is 0 Å². The molecule has 0 radical (unpaired) electrons. The van der Waals surface area contributed by atoms with Crippen LogP contribution < -0.4 is 15.6 Å². The number of nitrogens with one attached hydrogen (secondary N) is 2. The molecule has 3 amide bonds. The molecule has 0 bridgehead atoms. The van der Waals surface area contributed by atoms with Crippen molar-refractivity contribution in [1.82, 2.24) is 15.8 Å². The predicted molar refractivity (Wildman–Crippen MR) is 82.3 cm³/mol. The van der Waals surface area contributed by atoms with Gasteiger partial charge in [-0.1, -0.05) is 0 Å². The number of hydrazine groups is 1. The second-order valence-electron chi connectivity index (χ2n) is 4.53. The number of thioether (sulfide) groups is 1. The standard InChI is InChI=1S/C14H17N3O4S/c1-2-21-11-5-3-10(4-6-11)14(20)16-15-12(18)7-17-9-22-8-13(17)19/h3-6H,2,7-9H2,1H3,(H,15,18)(H,16,20). The Morgan fingerprint density at radius 3 is 2.59 bits per heavy atom. The van der Waals surface area contributed by atoms with E-state index in [1.54, 1.807) is 24.3 Å². The van der Waals surface area contributed by atoms with Crippen molar-refractivity contribution in [3.63, 3.8) is 0 Å². The molecular weight excluding hydrogens is 306 g/mol. The van der Waals surface area contributed by atoms with Crippen molar-refractivity contribution in [3.8, 4) is 5.75 Å². The van der Waals surface area contributed by atoms with Gasteiger partial charge in [-0.2, -0.15) is 0 Å². The molecule has 0 spiro atoms. The summed E-state index contributed by atoms with van der Waals surface area (Å²) < 4.78 is 5.28. The first kappa shape index (κ1) is 16.2. The average molecular weight is 323 g/mol. The molecule has 0 saturated carbocycles. The minimum Gasteiger partial charge on any atom is -0.494 e. The summed E-state index contributed by atoms with van der Waals surface area (Å²) in [7, 11) is 0. The smallest absolute Gasteiger partial charge is 0.269 e. The van der Waals surface area contributed by atoms with Crippen molar-refractivity contribution in [2.24, 2.45) is 0 Å². The fourth-order valence-corrected chi connectivity index (χ4v) is 2.73. The Bertz CT molecular complexity index is 562. The number of amides is 3. The van der Waals surface area contributed by atoms with Crippen LogP contribution in [0.2, 0.25) is 0 Å². The molecular formula is C14H17N3O4S. The normalized spacial score (nSPS) is 13.9. The highest BCUT2D eigenvalue weighted by molar-refractivity contribution is 8.00. The highest BCUT2D eigenvalue weighted by Crippen LogP contribution is 2.14. The van der Waals surface area contributed by atoms with Gasteiger partial charge in [-0.05, 0) is 31.2 Å². The van der Waals surface area contributed by atoms with E-state index in [0.29, 0.717) is 29.5 Å². The fraction of sp³-hybridized carbons (Fsp3) is 0.357. The van der Waals surface area contributed by atoms with E-state index in [4.69, 9.17) is 4.74 Å². The van der Waals surface area contributed by atoms with Gasteiger partial charge in [0.15, 0.2) is 0 Å². The maximum Gasteiger partial charge on any atom is 0.269 e. The summed E-state index contributed by atoms with van der Waals surface area (Å²) in [6.07, 6.45) is 0. The zero-order valence-corrected chi connectivity index (χ0v) is 12.9. The monoisotopic (exact) mass is 323 g/mol. The molecule has 2 rings (SSSR count). The Kier molecular flexibility index (Phi) is 5.65. The molecule has 1 fully saturated rings. The van der Waals surface area contributed by atoms with E-state index in [1.165, 1.54) is 16.7 Å². The first-order valence-corrected chi connectivity index (χ1v) is 7.93. The number of hydrogen-bond acceptors (Lipinski definition) is 5. The van der Waals surface area contributed by atoms with Gasteiger partial charge in [0.05, 0.1) is 18.2 Å². The lowest BCUT2D eigenvalue weighted by Crippen LogP contribution is -2.46. The minimum absolute atomic E-state index is 0.0601. The minimum atomic E-state index is -0.435. The molecule has 0 unspecified atom stereocenters. The molecule has 7 nitrogen and oxygen atoms in total. The van der Waals surface area contributed by atoms with Crippen LogP contribution in [0.25, 0.3) is 0 Å². The summed E-state index contributed by atoms with van der Waals surface area (Å²) >= 11 is 1.46. The molecule has 2 N–H and O–H groups in total. The second kappa shape index (κ2) is 7.69. The largest absolute Gasteiger partial charge is 0.494 e. The summed E-state index contributed by atoms with van der Waals surface area (Å²) in [5.74, 6) is 0.630. The molecule has 118 valence electrons. The molecule has 1 aliphatic heterocycles. The molecule has 8 heteroatoms. The number of nitrogens with zero attached hydrogens (tertiary/aromatic N) is 1. The van der Waals surface area contributed by atoms with Crippen molar-refractivity contribution in [2.75, 3.05) is 24.8 Å². The SMILES string of the molecule is CCOc1ccc(C(=O)NNC(=O)CN2CSCC2=O)cc1. The first-order valence-electron chi connectivity index (χ1n) is 6.77. The van der Waals surface area contributed by atoms with Crippen molar-refractivity contribution in [2.45, 2.75) is 6.92 Å². The molecule has 1 heterocycles. The van der Waals surface area contributed by atoms with Gasteiger partial charge < -0.3 is 9.64 Å². The van der Waals surface area contributed by atoms with Crippen LogP contribution in [-0.2, 0) is 9.59 Å². The Hall–Kier alpha value is -2.22. The van der Waals surface area contributed by atoms with E-state index in [1.807, 2.05) is 6.92 Å². The molecule has 1 saturated heterocycles. The second-order valence-corrected chi connectivity index (χ2v) is 5.48. The zero-order valence-electron chi connectivity index (χ0n) is 12.1. The van der Waals surface area contributed by atoms with Gasteiger partial charge in [0.2, 0.25) is 5.91 Å². The molecule has 0 atom stereocenters. The number of benzene rings is 1. The zero-order chi connectivity index (χ0) is 15.9. The number of hydrogen-bond donors (Lipinski definition) is 2. The van der Waals surface area contributed by atoms with Crippen LogP contribution in [0.5, 0.6) is 5.75 Å². The Labute approximate surface area is 132 Å². The number of ether oxygens (including phenoxy) is 1. The van der Waals surface area contributed by atoms with Crippen molar-refractivity contribution < 1.29 is 19.1 Å². The van der Waals surface area contributed by atoms with Crippen LogP contribution in [0.15, 0.2) is 24.3 Å². The maximum atomic E-state index is 11.9. The number of rotatable bonds is 5. The lowest BCUT2D eigenvalue weighted by molar-refractivity contribution is -0.132. The van der Waals surface area contributed by atoms with E-state index in [9.17, 15) is 14.4 Å². The third-order valence-electron chi connectivity index (χ3n) is 2.90. The third kappa shape index (κ3) is 4.39. The van der Waals surface area contributed by atoms with Crippen molar-refractivity contribution in [1.29, 1.82) is 0 Å². The Balaban J connectivity index is 1.79. The van der Waals surface area contributed by atoms with Gasteiger partial charge in [0.1, 0.15) is 12.3 Å². The molecule has 22 heavy (non-hydrogen) atoms. The lowest BCUT2D eigenvalue weighted by Gasteiger charge is -2.14. The van der Waals surface area contributed by atoms with Crippen molar-refractivity contribution >= 4 is 29.5 Å². The van der Waals surface area contributed by atoms with Crippen LogP contribution in [0.3, 0.4) is 0 Å². The van der Waals surface area contributed by atoms with E-state index in [-0.39, 0.29) is 12.5 Å². The van der Waals surface area contributed by atoms with Crippen LogP contribution in [0.1, 0.15) is 17.3 Å². The Morgan fingerprint density at radius 1 is 1.27 bits per heavy atom. The van der Waals surface area contributed by atoms with Gasteiger partial charge in [-0.3, -0.25) is 25.2 Å². The third-order valence-corrected chi connectivity index (χ3v) is 3.85. The Morgan fingerprint density at radius 2 is 2.00 bits per heavy atom. The van der Waals surface area contributed by atoms with Crippen molar-refractivity contribution in [3.05, 3.63) is 29.8 Å². The summed E-state index contributed by atoms with van der Waals surface area (Å²) in [6.45, 7) is 2.37. The molecule has 1 aromatic rings. The topological polar surface area (TPSA) is 87.7 Å². The van der Waals surface area contributed by atoms with E-state index in [0.717, 1.165) is 0 Å². The quantitative estimate of drug-likeness (QED) is 0.765. The van der Waals surface area contributed by atoms with E-state index >= 15 is 0 Å². The fourth-order valence-electron chi connectivity index (χ4n) is 1.82. The van der Waals surface area contributed by atoms with E-state index < -0.39 is 11.8 Å². The molecule has 0 aromatic heterocycles. The molecule has 1 aliphatic rings. The van der Waals surface area contributed by atoms with Gasteiger partial charge in [-0.25, -0.2) is 0 Å². The van der Waals surface area contributed by atoms with Gasteiger partial charge in [-0.15, -0.1) is 11.8 Å². The molecule has 0 aliphatic carbocycles. The van der Waals surface area contributed by atoms with Crippen LogP contribution in [-0.4, -0.2) is 47.4 Å². The summed E-state index contributed by atoms with van der Waals surface area (Å²) in [5, 5.41) is 0. The summed E-state index contributed by atoms with van der Waals surface area (Å²) in [5.41, 5.74) is 5.01. The predicted octanol–water partition coefficient (Wildman–Crippen LogP) is 0.379. The average Bonchev–Trinajstić information content (AvgIpc) is 2.91. The maximum absolute atomic E-state index is 11.9. The highest BCUT2D eigenvalue weighted by atomic mass is 32.2. The number of carbonyl (C=O) groups excluding carboxylic acids is 3. The summed E-state index contributed by atoms with van der Waals surface area (Å²) in [6, 6.07) is 6.57. The first-order chi connectivity index (χ1) is 10.6. The molecule has 1 aromatic carbocycles.